The van der Waals surface area contributed by atoms with Crippen molar-refractivity contribution in [1.82, 2.24) is 14.8 Å². The van der Waals surface area contributed by atoms with Gasteiger partial charge in [0.25, 0.3) is 5.91 Å². The molecule has 0 bridgehead atoms. The highest BCUT2D eigenvalue weighted by molar-refractivity contribution is 6.35. The maximum Gasteiger partial charge on any atom is 0.276 e. The van der Waals surface area contributed by atoms with Gasteiger partial charge in [0.1, 0.15) is 18.1 Å². The van der Waals surface area contributed by atoms with E-state index in [0.29, 0.717) is 28.6 Å². The van der Waals surface area contributed by atoms with Crippen LogP contribution in [-0.4, -0.2) is 59.9 Å². The summed E-state index contributed by atoms with van der Waals surface area (Å²) in [6.07, 6.45) is 2.51. The van der Waals surface area contributed by atoms with E-state index >= 15 is 0 Å². The van der Waals surface area contributed by atoms with E-state index in [1.807, 2.05) is 6.07 Å². The zero-order valence-corrected chi connectivity index (χ0v) is 14.9. The Morgan fingerprint density at radius 1 is 1.40 bits per heavy atom. The number of guanidine groups is 1. The number of H-pyrrole nitrogens is 1. The van der Waals surface area contributed by atoms with Crippen molar-refractivity contribution >= 4 is 34.4 Å². The molecule has 0 aliphatic carbocycles. The molecule has 25 heavy (non-hydrogen) atoms. The van der Waals surface area contributed by atoms with Crippen molar-refractivity contribution in [2.75, 3.05) is 33.3 Å². The number of carbonyl (C=O) groups is 1. The normalized spacial score (nSPS) is 14.8. The quantitative estimate of drug-likeness (QED) is 0.560. The lowest BCUT2D eigenvalue weighted by molar-refractivity contribution is 0.0864. The summed E-state index contributed by atoms with van der Waals surface area (Å²) in [6.45, 7) is 3.76. The number of likely N-dealkylation sites (tertiary alicyclic amines) is 1. The third kappa shape index (κ3) is 3.88. The van der Waals surface area contributed by atoms with Gasteiger partial charge >= 0.3 is 0 Å². The van der Waals surface area contributed by atoms with Crippen LogP contribution in [-0.2, 0) is 0 Å². The van der Waals surface area contributed by atoms with Crippen molar-refractivity contribution < 1.29 is 9.53 Å². The molecule has 3 rings (SSSR count). The molecule has 1 aliphatic rings. The number of carbonyl (C=O) groups excluding carboxylic acids is 1. The Morgan fingerprint density at radius 3 is 2.80 bits per heavy atom. The number of aromatic nitrogens is 1. The highest BCUT2D eigenvalue weighted by Gasteiger charge is 2.18. The minimum Gasteiger partial charge on any atom is -0.492 e. The van der Waals surface area contributed by atoms with E-state index in [4.69, 9.17) is 27.5 Å². The smallest absolute Gasteiger partial charge is 0.276 e. The van der Waals surface area contributed by atoms with Gasteiger partial charge in [0, 0.05) is 25.0 Å². The van der Waals surface area contributed by atoms with Gasteiger partial charge in [-0.2, -0.15) is 0 Å². The van der Waals surface area contributed by atoms with Crippen molar-refractivity contribution in [2.45, 2.75) is 12.8 Å². The van der Waals surface area contributed by atoms with Crippen LogP contribution in [0.15, 0.2) is 18.2 Å². The van der Waals surface area contributed by atoms with Gasteiger partial charge in [-0.3, -0.25) is 20.0 Å². The molecule has 8 heteroatoms. The summed E-state index contributed by atoms with van der Waals surface area (Å²) in [6, 6.07) is 5.24. The average molecular weight is 364 g/mol. The minimum absolute atomic E-state index is 0.319. The van der Waals surface area contributed by atoms with E-state index in [-0.39, 0.29) is 5.96 Å². The number of fused-ring (bicyclic) bond motifs is 1. The first kappa shape index (κ1) is 17.6. The van der Waals surface area contributed by atoms with Crippen LogP contribution < -0.4 is 10.5 Å². The fraction of sp³-hybridized carbons (Fsp3) is 0.412. The summed E-state index contributed by atoms with van der Waals surface area (Å²) in [5.41, 5.74) is 6.39. The number of nitrogens with two attached hydrogens (primary N) is 1. The number of benzene rings is 1. The SMILES string of the molecule is CN(C(=N)N)C(=O)c1cc2c(Cl)cc(OCCN3CCCC3)cc2[nH]1. The fourth-order valence-corrected chi connectivity index (χ4v) is 3.22. The number of hydrogen-bond acceptors (Lipinski definition) is 4. The topological polar surface area (TPSA) is 98.4 Å². The lowest BCUT2D eigenvalue weighted by Gasteiger charge is -2.15. The number of hydrogen-bond donors (Lipinski definition) is 3. The molecule has 1 aliphatic heterocycles. The molecule has 134 valence electrons. The van der Waals surface area contributed by atoms with Crippen LogP contribution in [0.25, 0.3) is 10.9 Å². The monoisotopic (exact) mass is 363 g/mol. The zero-order chi connectivity index (χ0) is 18.0. The molecular weight excluding hydrogens is 342 g/mol. The molecule has 0 unspecified atom stereocenters. The second-order valence-corrected chi connectivity index (χ2v) is 6.60. The van der Waals surface area contributed by atoms with Crippen LogP contribution in [0.4, 0.5) is 0 Å². The third-order valence-electron chi connectivity index (χ3n) is 4.43. The molecule has 1 fully saturated rings. The lowest BCUT2D eigenvalue weighted by atomic mass is 10.2. The number of nitrogens with zero attached hydrogens (tertiary/aromatic N) is 2. The van der Waals surface area contributed by atoms with Gasteiger partial charge in [0.2, 0.25) is 0 Å². The molecule has 2 aromatic rings. The maximum absolute atomic E-state index is 12.3. The summed E-state index contributed by atoms with van der Waals surface area (Å²) < 4.78 is 5.82. The molecule has 1 amide bonds. The Hall–Kier alpha value is -2.25. The molecule has 1 saturated heterocycles. The van der Waals surface area contributed by atoms with Gasteiger partial charge in [0.05, 0.1) is 10.5 Å². The van der Waals surface area contributed by atoms with Crippen LogP contribution in [0, 0.1) is 5.41 Å². The Balaban J connectivity index is 1.74. The fourth-order valence-electron chi connectivity index (χ4n) is 2.96. The van der Waals surface area contributed by atoms with Gasteiger partial charge in [-0.1, -0.05) is 11.6 Å². The van der Waals surface area contributed by atoms with Crippen molar-refractivity contribution in [3.8, 4) is 5.75 Å². The first-order valence-electron chi connectivity index (χ1n) is 8.25. The predicted octanol–water partition coefficient (Wildman–Crippen LogP) is 2.26. The number of aromatic amines is 1. The first-order chi connectivity index (χ1) is 12.0. The summed E-state index contributed by atoms with van der Waals surface area (Å²) in [5.74, 6) is -0.0468. The number of rotatable bonds is 5. The Labute approximate surface area is 151 Å². The molecular formula is C17H22ClN5O2. The summed E-state index contributed by atoms with van der Waals surface area (Å²) >= 11 is 6.33. The molecule has 1 aromatic carbocycles. The van der Waals surface area contributed by atoms with E-state index in [9.17, 15) is 4.79 Å². The molecule has 1 aromatic heterocycles. The molecule has 7 nitrogen and oxygen atoms in total. The van der Waals surface area contributed by atoms with E-state index in [1.54, 1.807) is 12.1 Å². The van der Waals surface area contributed by atoms with E-state index in [1.165, 1.54) is 19.9 Å². The molecule has 4 N–H and O–H groups in total. The van der Waals surface area contributed by atoms with E-state index in [2.05, 4.69) is 9.88 Å². The standard InChI is InChI=1S/C17H22ClN5O2/c1-22(17(19)20)16(24)15-10-12-13(18)8-11(9-14(12)21-15)25-7-6-23-4-2-3-5-23/h8-10,21H,2-7H2,1H3,(H3,19,20). The molecule has 0 radical (unpaired) electrons. The van der Waals surface area contributed by atoms with Gasteiger partial charge in [0.15, 0.2) is 5.96 Å². The summed E-state index contributed by atoms with van der Waals surface area (Å²) in [7, 11) is 1.45. The Morgan fingerprint density at radius 2 is 2.12 bits per heavy atom. The molecule has 0 atom stereocenters. The van der Waals surface area contributed by atoms with Gasteiger partial charge in [-0.05, 0) is 38.1 Å². The van der Waals surface area contributed by atoms with Crippen molar-refractivity contribution in [3.05, 3.63) is 28.9 Å². The number of nitrogens with one attached hydrogen (secondary N) is 2. The number of amides is 1. The third-order valence-corrected chi connectivity index (χ3v) is 4.75. The highest BCUT2D eigenvalue weighted by Crippen LogP contribution is 2.30. The van der Waals surface area contributed by atoms with Crippen molar-refractivity contribution in [2.24, 2.45) is 5.73 Å². The van der Waals surface area contributed by atoms with Gasteiger partial charge in [-0.25, -0.2) is 0 Å². The predicted molar refractivity (Wildman–Crippen MR) is 98.5 cm³/mol. The Bertz CT molecular complexity index is 798. The second-order valence-electron chi connectivity index (χ2n) is 6.20. The van der Waals surface area contributed by atoms with Crippen LogP contribution >= 0.6 is 11.6 Å². The van der Waals surface area contributed by atoms with Crippen LogP contribution in [0.2, 0.25) is 5.02 Å². The first-order valence-corrected chi connectivity index (χ1v) is 8.63. The lowest BCUT2D eigenvalue weighted by Crippen LogP contribution is -2.38. The van der Waals surface area contributed by atoms with Gasteiger partial charge < -0.3 is 15.5 Å². The van der Waals surface area contributed by atoms with E-state index in [0.717, 1.165) is 29.9 Å². The molecule has 0 spiro atoms. The van der Waals surface area contributed by atoms with Gasteiger partial charge in [-0.15, -0.1) is 0 Å². The van der Waals surface area contributed by atoms with Crippen LogP contribution in [0.3, 0.4) is 0 Å². The zero-order valence-electron chi connectivity index (χ0n) is 14.1. The maximum atomic E-state index is 12.3. The minimum atomic E-state index is -0.392. The van der Waals surface area contributed by atoms with Crippen molar-refractivity contribution in [3.63, 3.8) is 0 Å². The largest absolute Gasteiger partial charge is 0.492 e. The second kappa shape index (κ2) is 7.33. The van der Waals surface area contributed by atoms with E-state index < -0.39 is 5.91 Å². The Kier molecular flexibility index (Phi) is 5.15. The average Bonchev–Trinajstić information content (AvgIpc) is 3.23. The highest BCUT2D eigenvalue weighted by atomic mass is 35.5. The summed E-state index contributed by atoms with van der Waals surface area (Å²) in [4.78, 5) is 18.7. The molecule has 2 heterocycles. The molecule has 0 saturated carbocycles. The van der Waals surface area contributed by atoms with Crippen LogP contribution in [0.5, 0.6) is 5.75 Å². The summed E-state index contributed by atoms with van der Waals surface area (Å²) in [5, 5.41) is 8.60. The van der Waals surface area contributed by atoms with Crippen molar-refractivity contribution in [1.29, 1.82) is 5.41 Å². The number of halogens is 1. The van der Waals surface area contributed by atoms with Crippen LogP contribution in [0.1, 0.15) is 23.3 Å². The number of ether oxygens (including phenoxy) is 1.